The Morgan fingerprint density at radius 1 is 1.35 bits per heavy atom. The highest BCUT2D eigenvalue weighted by Crippen LogP contribution is 2.10. The van der Waals surface area contributed by atoms with Crippen molar-refractivity contribution in [3.8, 4) is 0 Å². The summed E-state index contributed by atoms with van der Waals surface area (Å²) in [7, 11) is 1.70. The first-order chi connectivity index (χ1) is 8.11. The van der Waals surface area contributed by atoms with Gasteiger partial charge in [-0.2, -0.15) is 4.98 Å². The summed E-state index contributed by atoms with van der Waals surface area (Å²) < 4.78 is 4.99. The summed E-state index contributed by atoms with van der Waals surface area (Å²) in [4.78, 5) is 8.73. The van der Waals surface area contributed by atoms with E-state index in [1.165, 1.54) is 0 Å². The third kappa shape index (κ3) is 5.49. The molecule has 5 nitrogen and oxygen atoms in total. The molecule has 0 amide bonds. The van der Waals surface area contributed by atoms with E-state index in [0.717, 1.165) is 31.1 Å². The monoisotopic (exact) mass is 238 g/mol. The van der Waals surface area contributed by atoms with Crippen LogP contribution in [0.5, 0.6) is 0 Å². The van der Waals surface area contributed by atoms with Crippen LogP contribution < -0.4 is 10.6 Å². The fraction of sp³-hybridized carbons (Fsp3) is 0.667. The second-order valence-corrected chi connectivity index (χ2v) is 4.29. The lowest BCUT2D eigenvalue weighted by atomic mass is 10.3. The SMILES string of the molecule is COCCCNc1nc(C)cc(NC(C)C)n1. The quantitative estimate of drug-likeness (QED) is 0.712. The van der Waals surface area contributed by atoms with Crippen LogP contribution in [0.3, 0.4) is 0 Å². The zero-order valence-electron chi connectivity index (χ0n) is 11.1. The summed E-state index contributed by atoms with van der Waals surface area (Å²) in [5.74, 6) is 1.53. The van der Waals surface area contributed by atoms with Crippen molar-refractivity contribution in [2.24, 2.45) is 0 Å². The molecular weight excluding hydrogens is 216 g/mol. The molecule has 0 aliphatic carbocycles. The molecule has 1 rings (SSSR count). The minimum Gasteiger partial charge on any atom is -0.385 e. The Kier molecular flexibility index (Phi) is 5.69. The molecule has 1 heterocycles. The Morgan fingerprint density at radius 3 is 2.76 bits per heavy atom. The van der Waals surface area contributed by atoms with Crippen molar-refractivity contribution >= 4 is 11.8 Å². The number of aromatic nitrogens is 2. The van der Waals surface area contributed by atoms with E-state index in [9.17, 15) is 0 Å². The van der Waals surface area contributed by atoms with Gasteiger partial charge < -0.3 is 15.4 Å². The number of anilines is 2. The van der Waals surface area contributed by atoms with E-state index < -0.39 is 0 Å². The normalized spacial score (nSPS) is 10.6. The molecule has 96 valence electrons. The summed E-state index contributed by atoms with van der Waals surface area (Å²) in [6.45, 7) is 7.70. The van der Waals surface area contributed by atoms with Crippen molar-refractivity contribution in [3.63, 3.8) is 0 Å². The first-order valence-corrected chi connectivity index (χ1v) is 5.97. The van der Waals surface area contributed by atoms with Crippen LogP contribution in [0.2, 0.25) is 0 Å². The van der Waals surface area contributed by atoms with Gasteiger partial charge >= 0.3 is 0 Å². The van der Waals surface area contributed by atoms with Crippen LogP contribution >= 0.6 is 0 Å². The molecule has 0 spiro atoms. The molecule has 0 bridgehead atoms. The molecule has 0 aliphatic heterocycles. The smallest absolute Gasteiger partial charge is 0.224 e. The summed E-state index contributed by atoms with van der Waals surface area (Å²) in [6, 6.07) is 2.31. The average molecular weight is 238 g/mol. The molecule has 17 heavy (non-hydrogen) atoms. The van der Waals surface area contributed by atoms with E-state index >= 15 is 0 Å². The first kappa shape index (κ1) is 13.7. The third-order valence-corrected chi connectivity index (χ3v) is 2.10. The predicted molar refractivity (Wildman–Crippen MR) is 70.5 cm³/mol. The third-order valence-electron chi connectivity index (χ3n) is 2.10. The maximum absolute atomic E-state index is 4.99. The Hall–Kier alpha value is -1.36. The first-order valence-electron chi connectivity index (χ1n) is 5.97. The van der Waals surface area contributed by atoms with E-state index in [1.54, 1.807) is 7.11 Å². The van der Waals surface area contributed by atoms with Crippen molar-refractivity contribution in [2.75, 3.05) is 30.9 Å². The molecule has 0 saturated carbocycles. The second-order valence-electron chi connectivity index (χ2n) is 4.29. The summed E-state index contributed by atoms with van der Waals surface area (Å²) in [5.41, 5.74) is 0.956. The Morgan fingerprint density at radius 2 is 2.12 bits per heavy atom. The molecule has 0 aliphatic rings. The summed E-state index contributed by atoms with van der Waals surface area (Å²) in [6.07, 6.45) is 0.945. The Labute approximate surface area is 103 Å². The lowest BCUT2D eigenvalue weighted by molar-refractivity contribution is 0.197. The maximum atomic E-state index is 4.99. The molecule has 0 aromatic carbocycles. The van der Waals surface area contributed by atoms with Gasteiger partial charge in [-0.15, -0.1) is 0 Å². The average Bonchev–Trinajstić information content (AvgIpc) is 2.22. The van der Waals surface area contributed by atoms with Crippen molar-refractivity contribution < 1.29 is 4.74 Å². The summed E-state index contributed by atoms with van der Waals surface area (Å²) >= 11 is 0. The fourth-order valence-corrected chi connectivity index (χ4v) is 1.43. The van der Waals surface area contributed by atoms with Crippen molar-refractivity contribution in [3.05, 3.63) is 11.8 Å². The van der Waals surface area contributed by atoms with Crippen LogP contribution in [0.1, 0.15) is 26.0 Å². The highest BCUT2D eigenvalue weighted by Gasteiger charge is 2.02. The van der Waals surface area contributed by atoms with Gasteiger partial charge in [0.15, 0.2) is 0 Å². The van der Waals surface area contributed by atoms with Gasteiger partial charge in [0.2, 0.25) is 5.95 Å². The topological polar surface area (TPSA) is 59.1 Å². The minimum absolute atomic E-state index is 0.366. The predicted octanol–water partition coefficient (Wildman–Crippen LogP) is 2.05. The van der Waals surface area contributed by atoms with Crippen LogP contribution in [-0.4, -0.2) is 36.3 Å². The van der Waals surface area contributed by atoms with Gasteiger partial charge in [-0.25, -0.2) is 4.98 Å². The number of methoxy groups -OCH3 is 1. The highest BCUT2D eigenvalue weighted by molar-refractivity contribution is 5.42. The van der Waals surface area contributed by atoms with E-state index in [1.807, 2.05) is 13.0 Å². The van der Waals surface area contributed by atoms with Gasteiger partial charge in [0, 0.05) is 38.1 Å². The number of rotatable bonds is 7. The molecule has 0 fully saturated rings. The molecule has 0 saturated heterocycles. The van der Waals surface area contributed by atoms with Crippen LogP contribution in [0, 0.1) is 6.92 Å². The summed E-state index contributed by atoms with van der Waals surface area (Å²) in [5, 5.41) is 6.46. The van der Waals surface area contributed by atoms with Crippen LogP contribution in [0.25, 0.3) is 0 Å². The zero-order valence-corrected chi connectivity index (χ0v) is 11.1. The van der Waals surface area contributed by atoms with E-state index in [-0.39, 0.29) is 0 Å². The Bertz CT molecular complexity index is 341. The van der Waals surface area contributed by atoms with Crippen LogP contribution in [-0.2, 0) is 4.74 Å². The number of nitrogens with one attached hydrogen (secondary N) is 2. The lowest BCUT2D eigenvalue weighted by Crippen LogP contribution is -2.14. The fourth-order valence-electron chi connectivity index (χ4n) is 1.43. The molecule has 0 unspecified atom stereocenters. The van der Waals surface area contributed by atoms with Gasteiger partial charge in [0.1, 0.15) is 5.82 Å². The molecule has 0 radical (unpaired) electrons. The van der Waals surface area contributed by atoms with E-state index in [0.29, 0.717) is 12.0 Å². The van der Waals surface area contributed by atoms with Crippen molar-refractivity contribution in [2.45, 2.75) is 33.2 Å². The van der Waals surface area contributed by atoms with Gasteiger partial charge in [0.25, 0.3) is 0 Å². The number of hydrogen-bond donors (Lipinski definition) is 2. The lowest BCUT2D eigenvalue weighted by Gasteiger charge is -2.11. The largest absolute Gasteiger partial charge is 0.385 e. The second kappa shape index (κ2) is 7.06. The molecule has 2 N–H and O–H groups in total. The number of hydrogen-bond acceptors (Lipinski definition) is 5. The molecule has 5 heteroatoms. The number of nitrogens with zero attached hydrogens (tertiary/aromatic N) is 2. The maximum Gasteiger partial charge on any atom is 0.224 e. The van der Waals surface area contributed by atoms with E-state index in [4.69, 9.17) is 4.74 Å². The van der Waals surface area contributed by atoms with Crippen LogP contribution in [0.15, 0.2) is 6.07 Å². The van der Waals surface area contributed by atoms with Gasteiger partial charge in [-0.3, -0.25) is 0 Å². The number of ether oxygens (including phenoxy) is 1. The van der Waals surface area contributed by atoms with Gasteiger partial charge in [0.05, 0.1) is 0 Å². The van der Waals surface area contributed by atoms with Gasteiger partial charge in [-0.1, -0.05) is 0 Å². The highest BCUT2D eigenvalue weighted by atomic mass is 16.5. The minimum atomic E-state index is 0.366. The van der Waals surface area contributed by atoms with Crippen LogP contribution in [0.4, 0.5) is 11.8 Å². The van der Waals surface area contributed by atoms with E-state index in [2.05, 4.69) is 34.4 Å². The molecular formula is C12H22N4O. The van der Waals surface area contributed by atoms with Crippen molar-refractivity contribution in [1.29, 1.82) is 0 Å². The Balaban J connectivity index is 2.56. The molecule has 0 atom stereocenters. The molecule has 1 aromatic rings. The van der Waals surface area contributed by atoms with Gasteiger partial charge in [-0.05, 0) is 27.2 Å². The molecule has 1 aromatic heterocycles. The standard InChI is InChI=1S/C12H22N4O/c1-9(2)14-11-8-10(3)15-12(16-11)13-6-5-7-17-4/h8-9H,5-7H2,1-4H3,(H2,13,14,15,16). The van der Waals surface area contributed by atoms with Crippen molar-refractivity contribution in [1.82, 2.24) is 9.97 Å². The zero-order chi connectivity index (χ0) is 12.7. The number of aryl methyl sites for hydroxylation is 1.